The maximum atomic E-state index is 13.4. The van der Waals surface area contributed by atoms with Crippen LogP contribution in [0.25, 0.3) is 6.08 Å². The number of carbonyl (C=O) groups is 2. The lowest BCUT2D eigenvalue weighted by atomic mass is 9.90. The van der Waals surface area contributed by atoms with Crippen LogP contribution in [-0.4, -0.2) is 49.4 Å². The van der Waals surface area contributed by atoms with Gasteiger partial charge in [0, 0.05) is 11.4 Å². The SMILES string of the molecule is Cc1ccc(/C=C2\Sc3ccccc3N(CC(=O)NCCCN3CCC(Cc4ccccc4)CC3)C2=O)cc1. The van der Waals surface area contributed by atoms with Crippen LogP contribution in [-0.2, 0) is 16.0 Å². The molecule has 0 aromatic heterocycles. The van der Waals surface area contributed by atoms with Gasteiger partial charge in [-0.1, -0.05) is 84.1 Å². The van der Waals surface area contributed by atoms with Gasteiger partial charge >= 0.3 is 0 Å². The summed E-state index contributed by atoms with van der Waals surface area (Å²) in [6, 6.07) is 26.7. The van der Waals surface area contributed by atoms with Crippen molar-refractivity contribution in [2.24, 2.45) is 5.92 Å². The molecule has 3 aromatic carbocycles. The molecule has 0 aliphatic carbocycles. The van der Waals surface area contributed by atoms with Crippen LogP contribution in [0.3, 0.4) is 0 Å². The zero-order chi connectivity index (χ0) is 27.0. The minimum atomic E-state index is -0.132. The van der Waals surface area contributed by atoms with Gasteiger partial charge in [-0.25, -0.2) is 0 Å². The molecule has 6 heteroatoms. The van der Waals surface area contributed by atoms with Gasteiger partial charge in [-0.2, -0.15) is 0 Å². The highest BCUT2D eigenvalue weighted by molar-refractivity contribution is 8.04. The van der Waals surface area contributed by atoms with E-state index in [4.69, 9.17) is 0 Å². The van der Waals surface area contributed by atoms with Crippen LogP contribution in [0, 0.1) is 12.8 Å². The van der Waals surface area contributed by atoms with Gasteiger partial charge in [0.15, 0.2) is 0 Å². The molecule has 2 heterocycles. The molecule has 3 aromatic rings. The molecule has 0 spiro atoms. The van der Waals surface area contributed by atoms with E-state index in [-0.39, 0.29) is 18.4 Å². The van der Waals surface area contributed by atoms with Crippen LogP contribution in [0.2, 0.25) is 0 Å². The minimum absolute atomic E-state index is 0.0204. The maximum absolute atomic E-state index is 13.4. The minimum Gasteiger partial charge on any atom is -0.355 e. The molecule has 5 nitrogen and oxygen atoms in total. The van der Waals surface area contributed by atoms with Crippen molar-refractivity contribution < 1.29 is 9.59 Å². The zero-order valence-corrected chi connectivity index (χ0v) is 23.5. The molecular formula is C33H37N3O2S. The highest BCUT2D eigenvalue weighted by Crippen LogP contribution is 2.41. The van der Waals surface area contributed by atoms with Gasteiger partial charge < -0.3 is 10.2 Å². The third kappa shape index (κ3) is 7.40. The average molecular weight is 540 g/mol. The number of rotatable bonds is 9. The Balaban J connectivity index is 1.10. The molecule has 0 saturated carbocycles. The maximum Gasteiger partial charge on any atom is 0.265 e. The molecule has 39 heavy (non-hydrogen) atoms. The fraction of sp³-hybridized carbons (Fsp3) is 0.333. The first-order valence-corrected chi connectivity index (χ1v) is 14.8. The van der Waals surface area contributed by atoms with Crippen molar-refractivity contribution in [3.05, 3.63) is 100 Å². The van der Waals surface area contributed by atoms with Gasteiger partial charge in [0.05, 0.1) is 10.6 Å². The van der Waals surface area contributed by atoms with E-state index >= 15 is 0 Å². The number of para-hydroxylation sites is 1. The summed E-state index contributed by atoms with van der Waals surface area (Å²) in [6.07, 6.45) is 6.45. The van der Waals surface area contributed by atoms with Gasteiger partial charge in [-0.3, -0.25) is 14.5 Å². The molecule has 202 valence electrons. The smallest absolute Gasteiger partial charge is 0.265 e. The second-order valence-electron chi connectivity index (χ2n) is 10.6. The molecule has 0 bridgehead atoms. The molecule has 0 unspecified atom stereocenters. The van der Waals surface area contributed by atoms with E-state index in [1.54, 1.807) is 4.90 Å². The molecule has 5 rings (SSSR count). The van der Waals surface area contributed by atoms with Crippen molar-refractivity contribution in [2.45, 2.75) is 37.5 Å². The average Bonchev–Trinajstić information content (AvgIpc) is 2.96. The highest BCUT2D eigenvalue weighted by atomic mass is 32.2. The van der Waals surface area contributed by atoms with Crippen molar-refractivity contribution in [3.63, 3.8) is 0 Å². The number of amides is 2. The fourth-order valence-corrected chi connectivity index (χ4v) is 6.38. The number of benzene rings is 3. The number of hydrogen-bond acceptors (Lipinski definition) is 4. The summed E-state index contributed by atoms with van der Waals surface area (Å²) in [6.45, 7) is 5.92. The molecule has 1 fully saturated rings. The van der Waals surface area contributed by atoms with E-state index in [1.807, 2.05) is 61.5 Å². The van der Waals surface area contributed by atoms with Crippen LogP contribution in [0.15, 0.2) is 88.7 Å². The number of likely N-dealkylation sites (tertiary alicyclic amines) is 1. The Kier molecular flexibility index (Phi) is 9.17. The molecular weight excluding hydrogens is 502 g/mol. The number of hydrogen-bond donors (Lipinski definition) is 1. The van der Waals surface area contributed by atoms with Crippen LogP contribution in [0.1, 0.15) is 36.0 Å². The van der Waals surface area contributed by atoms with Crippen molar-refractivity contribution in [3.8, 4) is 0 Å². The Labute approximate surface area is 236 Å². The number of piperidine rings is 1. The van der Waals surface area contributed by atoms with Gasteiger partial charge in [0.25, 0.3) is 5.91 Å². The van der Waals surface area contributed by atoms with Gasteiger partial charge in [0.1, 0.15) is 6.54 Å². The van der Waals surface area contributed by atoms with E-state index in [9.17, 15) is 9.59 Å². The van der Waals surface area contributed by atoms with E-state index in [0.717, 1.165) is 48.1 Å². The molecule has 1 N–H and O–H groups in total. The topological polar surface area (TPSA) is 52.7 Å². The first kappa shape index (κ1) is 27.2. The lowest BCUT2D eigenvalue weighted by Crippen LogP contribution is -2.43. The Bertz CT molecular complexity index is 1300. The number of anilines is 1. The number of nitrogens with one attached hydrogen (secondary N) is 1. The Hall–Kier alpha value is -3.35. The number of nitrogens with zero attached hydrogens (tertiary/aromatic N) is 2. The van der Waals surface area contributed by atoms with E-state index < -0.39 is 0 Å². The predicted molar refractivity (Wildman–Crippen MR) is 161 cm³/mol. The summed E-state index contributed by atoms with van der Waals surface area (Å²) in [7, 11) is 0. The normalized spacial score (nSPS) is 17.3. The summed E-state index contributed by atoms with van der Waals surface area (Å²) >= 11 is 1.47. The molecule has 2 aliphatic rings. The van der Waals surface area contributed by atoms with Crippen molar-refractivity contribution in [2.75, 3.05) is 37.6 Å². The van der Waals surface area contributed by atoms with Gasteiger partial charge in [0.2, 0.25) is 5.91 Å². The van der Waals surface area contributed by atoms with Crippen molar-refractivity contribution in [1.29, 1.82) is 0 Å². The summed E-state index contributed by atoms with van der Waals surface area (Å²) in [5.41, 5.74) is 4.38. The molecule has 1 saturated heterocycles. The molecule has 0 radical (unpaired) electrons. The first-order chi connectivity index (χ1) is 19.0. The number of carbonyl (C=O) groups excluding carboxylic acids is 2. The second kappa shape index (κ2) is 13.1. The monoisotopic (exact) mass is 539 g/mol. The standard InChI is InChI=1S/C33H37N3O2S/c1-25-12-14-27(15-13-25)23-31-33(38)36(29-10-5-6-11-30(29)39-31)24-32(37)34-18-7-19-35-20-16-28(17-21-35)22-26-8-3-2-4-9-26/h2-6,8-15,23,28H,7,16-22,24H2,1H3,(H,34,37)/b31-23-. The van der Waals surface area contributed by atoms with Gasteiger partial charge in [-0.05, 0) is 87.5 Å². The number of fused-ring (bicyclic) bond motifs is 1. The molecule has 0 atom stereocenters. The van der Waals surface area contributed by atoms with Crippen LogP contribution in [0.4, 0.5) is 5.69 Å². The lowest BCUT2D eigenvalue weighted by Gasteiger charge is -2.32. The quantitative estimate of drug-likeness (QED) is 0.270. The largest absolute Gasteiger partial charge is 0.355 e. The molecule has 2 amide bonds. The Morgan fingerprint density at radius 1 is 0.974 bits per heavy atom. The van der Waals surface area contributed by atoms with E-state index in [2.05, 4.69) is 40.5 Å². The molecule has 2 aliphatic heterocycles. The Morgan fingerprint density at radius 3 is 2.46 bits per heavy atom. The van der Waals surface area contributed by atoms with E-state index in [1.165, 1.54) is 42.2 Å². The summed E-state index contributed by atoms with van der Waals surface area (Å²) in [5.74, 6) is 0.505. The first-order valence-electron chi connectivity index (χ1n) is 14.0. The summed E-state index contributed by atoms with van der Waals surface area (Å²) in [4.78, 5) is 32.0. The lowest BCUT2D eigenvalue weighted by molar-refractivity contribution is -0.122. The van der Waals surface area contributed by atoms with Crippen molar-refractivity contribution >= 4 is 35.3 Å². The third-order valence-corrected chi connectivity index (χ3v) is 8.63. The number of thioether (sulfide) groups is 1. The van der Waals surface area contributed by atoms with Crippen LogP contribution in [0.5, 0.6) is 0 Å². The number of aryl methyl sites for hydroxylation is 1. The van der Waals surface area contributed by atoms with Gasteiger partial charge in [-0.15, -0.1) is 0 Å². The Morgan fingerprint density at radius 2 is 1.69 bits per heavy atom. The predicted octanol–water partition coefficient (Wildman–Crippen LogP) is 5.94. The van der Waals surface area contributed by atoms with E-state index in [0.29, 0.717) is 11.4 Å². The third-order valence-electron chi connectivity index (χ3n) is 7.56. The van der Waals surface area contributed by atoms with Crippen LogP contribution < -0.4 is 10.2 Å². The summed E-state index contributed by atoms with van der Waals surface area (Å²) < 4.78 is 0. The second-order valence-corrected chi connectivity index (χ2v) is 11.6. The summed E-state index contributed by atoms with van der Waals surface area (Å²) in [5, 5.41) is 3.05. The highest BCUT2D eigenvalue weighted by Gasteiger charge is 2.30. The fourth-order valence-electron chi connectivity index (χ4n) is 5.32. The van der Waals surface area contributed by atoms with Crippen LogP contribution >= 0.6 is 11.8 Å². The zero-order valence-electron chi connectivity index (χ0n) is 22.6. The van der Waals surface area contributed by atoms with Crippen molar-refractivity contribution in [1.82, 2.24) is 10.2 Å².